The summed E-state index contributed by atoms with van der Waals surface area (Å²) in [4.78, 5) is 40.8. The minimum atomic E-state index is -0.539. The SMILES string of the molecule is CC(=O)N(c1nc(/C=C/C(=O)NCC(=O)OCC2CC2)cs1)c1ccccc1F. The molecule has 1 aromatic carbocycles. The number of para-hydroxylation sites is 1. The number of benzene rings is 1. The maximum Gasteiger partial charge on any atom is 0.325 e. The highest BCUT2D eigenvalue weighted by Gasteiger charge is 2.23. The van der Waals surface area contributed by atoms with Crippen molar-refractivity contribution in [3.8, 4) is 0 Å². The van der Waals surface area contributed by atoms with Crippen molar-refractivity contribution in [1.29, 1.82) is 0 Å². The number of ether oxygens (including phenoxy) is 1. The number of amides is 2. The lowest BCUT2D eigenvalue weighted by Gasteiger charge is -2.18. The van der Waals surface area contributed by atoms with Crippen molar-refractivity contribution in [2.45, 2.75) is 19.8 Å². The van der Waals surface area contributed by atoms with Gasteiger partial charge in [0.15, 0.2) is 5.13 Å². The van der Waals surface area contributed by atoms with Crippen LogP contribution in [0, 0.1) is 11.7 Å². The van der Waals surface area contributed by atoms with Crippen LogP contribution in [0.25, 0.3) is 6.08 Å². The quantitative estimate of drug-likeness (QED) is 0.527. The normalized spacial score (nSPS) is 13.3. The molecule has 1 aliphatic rings. The molecular weight excluding hydrogens is 397 g/mol. The molecule has 1 fully saturated rings. The zero-order valence-electron chi connectivity index (χ0n) is 15.8. The van der Waals surface area contributed by atoms with Crippen molar-refractivity contribution in [3.63, 3.8) is 0 Å². The van der Waals surface area contributed by atoms with Crippen LogP contribution in [0.15, 0.2) is 35.7 Å². The largest absolute Gasteiger partial charge is 0.464 e. The molecule has 1 saturated carbocycles. The van der Waals surface area contributed by atoms with E-state index in [1.807, 2.05) is 0 Å². The van der Waals surface area contributed by atoms with Crippen molar-refractivity contribution in [1.82, 2.24) is 10.3 Å². The minimum absolute atomic E-state index is 0.104. The van der Waals surface area contributed by atoms with Gasteiger partial charge in [0.05, 0.1) is 18.0 Å². The van der Waals surface area contributed by atoms with Crippen LogP contribution >= 0.6 is 11.3 Å². The summed E-state index contributed by atoms with van der Waals surface area (Å²) in [6, 6.07) is 5.92. The first-order valence-corrected chi connectivity index (χ1v) is 9.94. The van der Waals surface area contributed by atoms with Crippen molar-refractivity contribution >= 4 is 46.0 Å². The number of hydrogen-bond donors (Lipinski definition) is 1. The fraction of sp³-hybridized carbons (Fsp3) is 0.300. The molecule has 2 amide bonds. The third-order valence-corrected chi connectivity index (χ3v) is 4.94. The number of rotatable bonds is 8. The van der Waals surface area contributed by atoms with Gasteiger partial charge in [0.25, 0.3) is 0 Å². The van der Waals surface area contributed by atoms with Crippen LogP contribution < -0.4 is 10.2 Å². The van der Waals surface area contributed by atoms with Gasteiger partial charge in [0.2, 0.25) is 11.8 Å². The summed E-state index contributed by atoms with van der Waals surface area (Å²) in [5.41, 5.74) is 0.534. The van der Waals surface area contributed by atoms with E-state index in [9.17, 15) is 18.8 Å². The highest BCUT2D eigenvalue weighted by atomic mass is 32.1. The fourth-order valence-corrected chi connectivity index (χ4v) is 3.27. The Bertz CT molecular complexity index is 939. The van der Waals surface area contributed by atoms with Gasteiger partial charge in [0.1, 0.15) is 12.4 Å². The van der Waals surface area contributed by atoms with Gasteiger partial charge in [-0.3, -0.25) is 19.3 Å². The number of aromatic nitrogens is 1. The van der Waals surface area contributed by atoms with Crippen LogP contribution in [0.4, 0.5) is 15.2 Å². The van der Waals surface area contributed by atoms with Crippen molar-refractivity contribution in [2.75, 3.05) is 18.1 Å². The Balaban J connectivity index is 1.58. The summed E-state index contributed by atoms with van der Waals surface area (Å²) in [7, 11) is 0. The maximum absolute atomic E-state index is 14.1. The monoisotopic (exact) mass is 417 g/mol. The zero-order chi connectivity index (χ0) is 20.8. The Labute approximate surface area is 171 Å². The molecule has 0 unspecified atom stereocenters. The molecule has 1 aliphatic carbocycles. The second-order valence-electron chi connectivity index (χ2n) is 6.54. The Kier molecular flexibility index (Phi) is 6.71. The second kappa shape index (κ2) is 9.42. The number of hydrogen-bond acceptors (Lipinski definition) is 6. The molecule has 7 nitrogen and oxygen atoms in total. The van der Waals surface area contributed by atoms with Crippen molar-refractivity contribution in [3.05, 3.63) is 47.2 Å². The lowest BCUT2D eigenvalue weighted by Crippen LogP contribution is -2.29. The number of nitrogens with one attached hydrogen (secondary N) is 1. The number of carbonyl (C=O) groups is 3. The maximum atomic E-state index is 14.1. The summed E-state index contributed by atoms with van der Waals surface area (Å²) in [5, 5.41) is 4.36. The van der Waals surface area contributed by atoms with Crippen molar-refractivity contribution < 1.29 is 23.5 Å². The molecule has 0 bridgehead atoms. The van der Waals surface area contributed by atoms with Gasteiger partial charge in [-0.05, 0) is 37.0 Å². The van der Waals surface area contributed by atoms with Gasteiger partial charge in [0, 0.05) is 18.4 Å². The van der Waals surface area contributed by atoms with E-state index in [1.54, 1.807) is 11.4 Å². The Morgan fingerprint density at radius 3 is 2.79 bits per heavy atom. The molecule has 0 spiro atoms. The molecule has 2 aromatic rings. The summed E-state index contributed by atoms with van der Waals surface area (Å²) in [6.07, 6.45) is 4.84. The Hall–Kier alpha value is -3.07. The van der Waals surface area contributed by atoms with Gasteiger partial charge in [-0.15, -0.1) is 11.3 Å². The average molecular weight is 417 g/mol. The van der Waals surface area contributed by atoms with E-state index in [0.717, 1.165) is 24.2 Å². The second-order valence-corrected chi connectivity index (χ2v) is 7.37. The number of thiazole rings is 1. The lowest BCUT2D eigenvalue weighted by molar-refractivity contribution is -0.144. The first kappa shape index (κ1) is 20.7. The van der Waals surface area contributed by atoms with Crippen LogP contribution in [-0.4, -0.2) is 35.9 Å². The summed E-state index contributed by atoms with van der Waals surface area (Å²) < 4.78 is 19.1. The first-order chi connectivity index (χ1) is 13.9. The van der Waals surface area contributed by atoms with Gasteiger partial charge in [-0.2, -0.15) is 0 Å². The standard InChI is InChI=1S/C20H20FN3O4S/c1-13(25)24(17-5-3-2-4-16(17)21)20-23-15(12-29-20)8-9-18(26)22-10-19(27)28-11-14-6-7-14/h2-5,8-9,12,14H,6-7,10-11H2,1H3,(H,22,26)/b9-8+. The van der Waals surface area contributed by atoms with E-state index < -0.39 is 17.7 Å². The predicted molar refractivity (Wildman–Crippen MR) is 107 cm³/mol. The topological polar surface area (TPSA) is 88.6 Å². The van der Waals surface area contributed by atoms with E-state index in [4.69, 9.17) is 4.74 Å². The molecule has 1 N–H and O–H groups in total. The van der Waals surface area contributed by atoms with Gasteiger partial charge < -0.3 is 10.1 Å². The van der Waals surface area contributed by atoms with E-state index >= 15 is 0 Å². The summed E-state index contributed by atoms with van der Waals surface area (Å²) >= 11 is 1.14. The van der Waals surface area contributed by atoms with E-state index in [0.29, 0.717) is 18.2 Å². The predicted octanol–water partition coefficient (Wildman–Crippen LogP) is 3.05. The summed E-state index contributed by atoms with van der Waals surface area (Å²) in [6.45, 7) is 1.52. The number of anilines is 2. The van der Waals surface area contributed by atoms with Crippen LogP contribution in [0.1, 0.15) is 25.5 Å². The molecule has 0 aliphatic heterocycles. The number of carbonyl (C=O) groups excluding carboxylic acids is 3. The first-order valence-electron chi connectivity index (χ1n) is 9.06. The van der Waals surface area contributed by atoms with Crippen LogP contribution in [0.2, 0.25) is 0 Å². The summed E-state index contributed by atoms with van der Waals surface area (Å²) in [5.74, 6) is -1.41. The Morgan fingerprint density at radius 1 is 1.34 bits per heavy atom. The smallest absolute Gasteiger partial charge is 0.325 e. The minimum Gasteiger partial charge on any atom is -0.464 e. The van der Waals surface area contributed by atoms with Crippen LogP contribution in [0.5, 0.6) is 0 Å². The average Bonchev–Trinajstić information content (AvgIpc) is 3.41. The van der Waals surface area contributed by atoms with Gasteiger partial charge in [-0.25, -0.2) is 9.37 Å². The Morgan fingerprint density at radius 2 is 2.10 bits per heavy atom. The third kappa shape index (κ3) is 5.95. The number of esters is 1. The zero-order valence-corrected chi connectivity index (χ0v) is 16.6. The third-order valence-electron chi connectivity index (χ3n) is 4.10. The van der Waals surface area contributed by atoms with Gasteiger partial charge >= 0.3 is 5.97 Å². The lowest BCUT2D eigenvalue weighted by atomic mass is 10.3. The van der Waals surface area contributed by atoms with Gasteiger partial charge in [-0.1, -0.05) is 12.1 Å². The van der Waals surface area contributed by atoms with E-state index in [1.165, 1.54) is 42.2 Å². The highest BCUT2D eigenvalue weighted by molar-refractivity contribution is 7.14. The molecule has 152 valence electrons. The molecule has 1 heterocycles. The fourth-order valence-electron chi connectivity index (χ4n) is 2.42. The molecule has 0 atom stereocenters. The molecule has 9 heteroatoms. The number of nitrogens with zero attached hydrogens (tertiary/aromatic N) is 2. The van der Waals surface area contributed by atoms with E-state index in [2.05, 4.69) is 10.3 Å². The molecule has 29 heavy (non-hydrogen) atoms. The van der Waals surface area contributed by atoms with Crippen LogP contribution in [0.3, 0.4) is 0 Å². The molecule has 1 aromatic heterocycles. The van der Waals surface area contributed by atoms with E-state index in [-0.39, 0.29) is 23.3 Å². The highest BCUT2D eigenvalue weighted by Crippen LogP contribution is 2.31. The van der Waals surface area contributed by atoms with Crippen molar-refractivity contribution in [2.24, 2.45) is 5.92 Å². The molecule has 0 radical (unpaired) electrons. The molecular formula is C20H20FN3O4S. The molecule has 0 saturated heterocycles. The molecule has 3 rings (SSSR count). The van der Waals surface area contributed by atoms with Crippen LogP contribution in [-0.2, 0) is 19.1 Å². The number of halogens is 1.